The third-order valence-corrected chi connectivity index (χ3v) is 5.38. The average molecular weight is 399 g/mol. The van der Waals surface area contributed by atoms with Crippen molar-refractivity contribution in [2.24, 2.45) is 0 Å². The molecule has 150 valence electrons. The van der Waals surface area contributed by atoms with Crippen LogP contribution < -0.4 is 0 Å². The number of piperazine rings is 1. The summed E-state index contributed by atoms with van der Waals surface area (Å²) in [6.07, 6.45) is 3.57. The van der Waals surface area contributed by atoms with E-state index in [1.807, 2.05) is 36.4 Å². The van der Waals surface area contributed by atoms with Crippen molar-refractivity contribution in [2.45, 2.75) is 13.5 Å². The number of hydrogen-bond donors (Lipinski definition) is 0. The highest BCUT2D eigenvalue weighted by Gasteiger charge is 2.30. The van der Waals surface area contributed by atoms with Crippen LogP contribution in [0, 0.1) is 29.6 Å². The molecule has 2 aromatic heterocycles. The molecule has 0 spiro atoms. The summed E-state index contributed by atoms with van der Waals surface area (Å²) >= 11 is 0. The van der Waals surface area contributed by atoms with Gasteiger partial charge in [-0.1, -0.05) is 12.1 Å². The fourth-order valence-corrected chi connectivity index (χ4v) is 3.75. The van der Waals surface area contributed by atoms with Crippen LogP contribution in [0.2, 0.25) is 0 Å². The number of aryl methyl sites for hydroxylation is 1. The van der Waals surface area contributed by atoms with Crippen molar-refractivity contribution in [3.63, 3.8) is 0 Å². The van der Waals surface area contributed by atoms with E-state index >= 15 is 0 Å². The Morgan fingerprint density at radius 2 is 1.70 bits per heavy atom. The van der Waals surface area contributed by atoms with E-state index in [4.69, 9.17) is 9.68 Å². The highest BCUT2D eigenvalue weighted by Crippen LogP contribution is 2.27. The number of carbonyl (C=O) groups is 1. The quantitative estimate of drug-likeness (QED) is 0.673. The van der Waals surface area contributed by atoms with Crippen LogP contribution in [-0.4, -0.2) is 46.5 Å². The van der Waals surface area contributed by atoms with Crippen LogP contribution in [0.15, 0.2) is 53.2 Å². The van der Waals surface area contributed by atoms with Crippen LogP contribution in [-0.2, 0) is 6.54 Å². The zero-order valence-corrected chi connectivity index (χ0v) is 16.7. The lowest BCUT2D eigenvalue weighted by molar-refractivity contribution is 0.0626. The highest BCUT2D eigenvalue weighted by atomic mass is 16.4. The van der Waals surface area contributed by atoms with E-state index in [-0.39, 0.29) is 11.5 Å². The number of furan rings is 1. The van der Waals surface area contributed by atoms with Crippen LogP contribution in [0.4, 0.5) is 0 Å². The van der Waals surface area contributed by atoms with Crippen LogP contribution >= 0.6 is 0 Å². The summed E-state index contributed by atoms with van der Waals surface area (Å²) in [4.78, 5) is 17.2. The molecule has 1 saturated heterocycles. The van der Waals surface area contributed by atoms with Gasteiger partial charge in [0.1, 0.15) is 23.0 Å². The molecule has 3 heterocycles. The van der Waals surface area contributed by atoms with Gasteiger partial charge in [-0.25, -0.2) is 0 Å². The lowest BCUT2D eigenvalue weighted by atomic mass is 10.1. The van der Waals surface area contributed by atoms with Gasteiger partial charge in [0.05, 0.1) is 11.6 Å². The Morgan fingerprint density at radius 3 is 2.30 bits per heavy atom. The Morgan fingerprint density at radius 1 is 1.03 bits per heavy atom. The largest absolute Gasteiger partial charge is 0.443 e. The zero-order valence-electron chi connectivity index (χ0n) is 16.7. The first-order chi connectivity index (χ1) is 14.6. The maximum atomic E-state index is 13.2. The van der Waals surface area contributed by atoms with Crippen molar-refractivity contribution in [2.75, 3.05) is 26.2 Å². The summed E-state index contributed by atoms with van der Waals surface area (Å²) in [6, 6.07) is 15.5. The third kappa shape index (κ3) is 3.71. The Bertz CT molecular complexity index is 1120. The summed E-state index contributed by atoms with van der Waals surface area (Å²) in [5.74, 6) is 0.673. The van der Waals surface area contributed by atoms with Crippen LogP contribution in [0.25, 0.3) is 5.88 Å². The second-order valence-electron chi connectivity index (χ2n) is 7.29. The zero-order chi connectivity index (χ0) is 21.1. The molecule has 30 heavy (non-hydrogen) atoms. The SMILES string of the molecule is Cc1oc(-n2cccc2)c(C#N)c1C(=O)N1CCN(Cc2ccc(C#N)cc2)CC1. The monoisotopic (exact) mass is 399 g/mol. The number of carbonyl (C=O) groups excluding carboxylic acids is 1. The van der Waals surface area contributed by atoms with Crippen molar-refractivity contribution in [3.8, 4) is 18.0 Å². The minimum Gasteiger partial charge on any atom is -0.443 e. The molecule has 1 fully saturated rings. The molecule has 1 aromatic carbocycles. The maximum Gasteiger partial charge on any atom is 0.258 e. The van der Waals surface area contributed by atoms with Crippen LogP contribution in [0.1, 0.15) is 32.8 Å². The van der Waals surface area contributed by atoms with Gasteiger partial charge in [0, 0.05) is 45.1 Å². The Hall–Kier alpha value is -3.81. The first-order valence-electron chi connectivity index (χ1n) is 9.78. The number of benzene rings is 1. The number of hydrogen-bond acceptors (Lipinski definition) is 5. The maximum absolute atomic E-state index is 13.2. The molecule has 0 unspecified atom stereocenters. The normalized spacial score (nSPS) is 14.3. The Balaban J connectivity index is 1.45. The lowest BCUT2D eigenvalue weighted by Crippen LogP contribution is -2.48. The van der Waals surface area contributed by atoms with E-state index < -0.39 is 0 Å². The first kappa shape index (κ1) is 19.5. The number of aromatic nitrogens is 1. The summed E-state index contributed by atoms with van der Waals surface area (Å²) in [5, 5.41) is 18.6. The van der Waals surface area contributed by atoms with Gasteiger partial charge in [0.25, 0.3) is 5.91 Å². The molecule has 4 rings (SSSR count). The molecular formula is C23H21N5O2. The van der Waals surface area contributed by atoms with E-state index in [0.717, 1.165) is 25.2 Å². The molecule has 1 aliphatic rings. The summed E-state index contributed by atoms with van der Waals surface area (Å²) in [7, 11) is 0. The summed E-state index contributed by atoms with van der Waals surface area (Å²) in [6.45, 7) is 5.17. The minimum absolute atomic E-state index is 0.163. The molecule has 0 bridgehead atoms. The topological polar surface area (TPSA) is 89.2 Å². The number of nitriles is 2. The predicted octanol–water partition coefficient (Wildman–Crippen LogP) is 3.08. The molecule has 3 aromatic rings. The van der Waals surface area contributed by atoms with Gasteiger partial charge < -0.3 is 9.32 Å². The van der Waals surface area contributed by atoms with E-state index in [1.54, 1.807) is 28.8 Å². The van der Waals surface area contributed by atoms with Crippen molar-refractivity contribution in [1.82, 2.24) is 14.4 Å². The summed E-state index contributed by atoms with van der Waals surface area (Å²) < 4.78 is 7.48. The summed E-state index contributed by atoms with van der Waals surface area (Å²) in [5.41, 5.74) is 2.41. The molecule has 7 nitrogen and oxygen atoms in total. The molecular weight excluding hydrogens is 378 g/mol. The molecule has 0 N–H and O–H groups in total. The number of amides is 1. The molecule has 1 aliphatic heterocycles. The second kappa shape index (κ2) is 8.28. The van der Waals surface area contributed by atoms with Crippen molar-refractivity contribution in [3.05, 3.63) is 76.8 Å². The molecule has 0 radical (unpaired) electrons. The van der Waals surface area contributed by atoms with Crippen LogP contribution in [0.3, 0.4) is 0 Å². The van der Waals surface area contributed by atoms with E-state index in [2.05, 4.69) is 17.0 Å². The van der Waals surface area contributed by atoms with Gasteiger partial charge in [-0.05, 0) is 36.8 Å². The van der Waals surface area contributed by atoms with Gasteiger partial charge in [-0.3, -0.25) is 14.3 Å². The fraction of sp³-hybridized carbons (Fsp3) is 0.261. The highest BCUT2D eigenvalue weighted by molar-refractivity contribution is 5.98. The first-order valence-corrected chi connectivity index (χ1v) is 9.78. The van der Waals surface area contributed by atoms with Crippen LogP contribution in [0.5, 0.6) is 0 Å². The van der Waals surface area contributed by atoms with Gasteiger partial charge in [0.2, 0.25) is 5.88 Å². The smallest absolute Gasteiger partial charge is 0.258 e. The van der Waals surface area contributed by atoms with Gasteiger partial charge >= 0.3 is 0 Å². The van der Waals surface area contributed by atoms with E-state index in [1.165, 1.54) is 0 Å². The van der Waals surface area contributed by atoms with Crippen molar-refractivity contribution < 1.29 is 9.21 Å². The standard InChI is InChI=1S/C23H21N5O2/c1-17-21(20(15-25)23(30-17)28-8-2-3-9-28)22(29)27-12-10-26(11-13-27)16-19-6-4-18(14-24)5-7-19/h2-9H,10-13,16H2,1H3. The van der Waals surface area contributed by atoms with Crippen molar-refractivity contribution >= 4 is 5.91 Å². The molecule has 7 heteroatoms. The van der Waals surface area contributed by atoms with E-state index in [0.29, 0.717) is 35.9 Å². The predicted molar refractivity (Wildman–Crippen MR) is 110 cm³/mol. The fourth-order valence-electron chi connectivity index (χ4n) is 3.75. The Labute approximate surface area is 175 Å². The Kier molecular flexibility index (Phi) is 5.38. The van der Waals surface area contributed by atoms with Gasteiger partial charge in [-0.2, -0.15) is 10.5 Å². The lowest BCUT2D eigenvalue weighted by Gasteiger charge is -2.34. The van der Waals surface area contributed by atoms with Crippen molar-refractivity contribution in [1.29, 1.82) is 10.5 Å². The number of nitrogens with zero attached hydrogens (tertiary/aromatic N) is 5. The number of rotatable bonds is 4. The molecule has 1 amide bonds. The molecule has 0 atom stereocenters. The second-order valence-corrected chi connectivity index (χ2v) is 7.29. The van der Waals surface area contributed by atoms with Gasteiger partial charge in [-0.15, -0.1) is 0 Å². The molecule has 0 aliphatic carbocycles. The third-order valence-electron chi connectivity index (χ3n) is 5.38. The average Bonchev–Trinajstić information content (AvgIpc) is 3.42. The minimum atomic E-state index is -0.163. The van der Waals surface area contributed by atoms with Gasteiger partial charge in [0.15, 0.2) is 0 Å². The van der Waals surface area contributed by atoms with E-state index in [9.17, 15) is 10.1 Å². The molecule has 0 saturated carbocycles.